The van der Waals surface area contributed by atoms with Crippen molar-refractivity contribution in [3.05, 3.63) is 71.4 Å². The third-order valence-electron chi connectivity index (χ3n) is 4.81. The maximum Gasteiger partial charge on any atom is 0.236 e. The van der Waals surface area contributed by atoms with Gasteiger partial charge in [0.15, 0.2) is 11.6 Å². The summed E-state index contributed by atoms with van der Waals surface area (Å²) in [5.74, 6) is 1.37. The number of sulfonamides is 1. The highest BCUT2D eigenvalue weighted by atomic mass is 32.2. The fraction of sp³-hybridized carbons (Fsp3) is 0.250. The van der Waals surface area contributed by atoms with Crippen LogP contribution in [0.5, 0.6) is 0 Å². The van der Waals surface area contributed by atoms with Crippen LogP contribution in [-0.4, -0.2) is 58.9 Å². The molecule has 0 N–H and O–H groups in total. The summed E-state index contributed by atoms with van der Waals surface area (Å²) in [4.78, 5) is 2.04. The topological polar surface area (TPSA) is 84.2 Å². The summed E-state index contributed by atoms with van der Waals surface area (Å²) in [7, 11) is -3.46. The first-order valence-corrected chi connectivity index (χ1v) is 10.9. The molecule has 9 heteroatoms. The molecule has 29 heavy (non-hydrogen) atoms. The number of benzene rings is 1. The van der Waals surface area contributed by atoms with Gasteiger partial charge < -0.3 is 4.90 Å². The number of piperazine rings is 1. The van der Waals surface area contributed by atoms with E-state index in [4.69, 9.17) is 0 Å². The largest absolute Gasteiger partial charge is 0.352 e. The zero-order valence-corrected chi connectivity index (χ0v) is 16.9. The van der Waals surface area contributed by atoms with Crippen LogP contribution in [0.4, 0.5) is 5.82 Å². The second-order valence-corrected chi connectivity index (χ2v) is 8.66. The van der Waals surface area contributed by atoms with Crippen molar-refractivity contribution in [3.8, 4) is 5.82 Å². The summed E-state index contributed by atoms with van der Waals surface area (Å²) in [6.07, 6.45) is 5.13. The van der Waals surface area contributed by atoms with Gasteiger partial charge in [0.2, 0.25) is 10.0 Å². The first kappa shape index (κ1) is 19.3. The van der Waals surface area contributed by atoms with Crippen LogP contribution in [0, 0.1) is 6.92 Å². The number of nitrogens with zero attached hydrogens (tertiary/aromatic N) is 6. The quantitative estimate of drug-likeness (QED) is 0.640. The molecule has 0 saturated carbocycles. The average molecular weight is 411 g/mol. The minimum absolute atomic E-state index is 0.406. The van der Waals surface area contributed by atoms with E-state index in [9.17, 15) is 8.42 Å². The van der Waals surface area contributed by atoms with E-state index in [1.807, 2.05) is 54.3 Å². The van der Waals surface area contributed by atoms with E-state index in [1.165, 1.54) is 9.71 Å². The Bertz CT molecular complexity index is 1070. The highest BCUT2D eigenvalue weighted by molar-refractivity contribution is 7.92. The van der Waals surface area contributed by atoms with Gasteiger partial charge in [0.1, 0.15) is 0 Å². The molecular formula is C20H22N6O2S. The first-order chi connectivity index (χ1) is 14.0. The van der Waals surface area contributed by atoms with Gasteiger partial charge in [-0.1, -0.05) is 29.8 Å². The van der Waals surface area contributed by atoms with Crippen LogP contribution >= 0.6 is 0 Å². The number of rotatable bonds is 5. The summed E-state index contributed by atoms with van der Waals surface area (Å²) in [5, 5.41) is 13.9. The minimum atomic E-state index is -3.46. The lowest BCUT2D eigenvalue weighted by Crippen LogP contribution is -2.48. The maximum absolute atomic E-state index is 12.6. The summed E-state index contributed by atoms with van der Waals surface area (Å²) < 4.78 is 28.4. The van der Waals surface area contributed by atoms with Crippen LogP contribution in [0.25, 0.3) is 11.9 Å². The molecule has 1 aliphatic heterocycles. The zero-order chi connectivity index (χ0) is 20.3. The van der Waals surface area contributed by atoms with E-state index < -0.39 is 10.0 Å². The molecule has 0 spiro atoms. The van der Waals surface area contributed by atoms with Crippen molar-refractivity contribution in [3.63, 3.8) is 0 Å². The summed E-state index contributed by atoms with van der Waals surface area (Å²) in [6.45, 7) is 3.94. The SMILES string of the molecule is Cc1ccc(/C=C/S(=O)(=O)N2CCN(c3ccc(-n4cccn4)nn3)CC2)cc1. The Morgan fingerprint density at radius 1 is 0.931 bits per heavy atom. The maximum atomic E-state index is 12.6. The van der Waals surface area contributed by atoms with Crippen molar-refractivity contribution < 1.29 is 8.42 Å². The van der Waals surface area contributed by atoms with Gasteiger partial charge in [-0.3, -0.25) is 0 Å². The first-order valence-electron chi connectivity index (χ1n) is 9.35. The molecule has 150 valence electrons. The van der Waals surface area contributed by atoms with Crippen LogP contribution in [0.15, 0.2) is 60.3 Å². The lowest BCUT2D eigenvalue weighted by atomic mass is 10.2. The number of anilines is 1. The molecule has 0 unspecified atom stereocenters. The van der Waals surface area contributed by atoms with Gasteiger partial charge in [0.05, 0.1) is 0 Å². The van der Waals surface area contributed by atoms with Crippen LogP contribution in [0.3, 0.4) is 0 Å². The molecule has 0 bridgehead atoms. The fourth-order valence-electron chi connectivity index (χ4n) is 3.11. The van der Waals surface area contributed by atoms with Gasteiger partial charge in [-0.25, -0.2) is 13.1 Å². The molecule has 1 aliphatic rings. The van der Waals surface area contributed by atoms with E-state index in [2.05, 4.69) is 15.3 Å². The zero-order valence-electron chi connectivity index (χ0n) is 16.1. The highest BCUT2D eigenvalue weighted by Crippen LogP contribution is 2.17. The Kier molecular flexibility index (Phi) is 5.41. The highest BCUT2D eigenvalue weighted by Gasteiger charge is 2.25. The van der Waals surface area contributed by atoms with Gasteiger partial charge in [-0.15, -0.1) is 10.2 Å². The molecule has 1 saturated heterocycles. The smallest absolute Gasteiger partial charge is 0.236 e. The average Bonchev–Trinajstić information content (AvgIpc) is 3.29. The van der Waals surface area contributed by atoms with Crippen molar-refractivity contribution in [2.75, 3.05) is 31.1 Å². The number of aryl methyl sites for hydroxylation is 1. The third-order valence-corrected chi connectivity index (χ3v) is 6.37. The lowest BCUT2D eigenvalue weighted by molar-refractivity contribution is 0.388. The second-order valence-electron chi connectivity index (χ2n) is 6.84. The Morgan fingerprint density at radius 3 is 2.24 bits per heavy atom. The van der Waals surface area contributed by atoms with Gasteiger partial charge in [0.25, 0.3) is 0 Å². The molecule has 2 aromatic heterocycles. The van der Waals surface area contributed by atoms with E-state index in [0.717, 1.165) is 16.9 Å². The van der Waals surface area contributed by atoms with Crippen molar-refractivity contribution in [1.82, 2.24) is 24.3 Å². The Balaban J connectivity index is 1.37. The number of hydrogen-bond donors (Lipinski definition) is 0. The lowest BCUT2D eigenvalue weighted by Gasteiger charge is -2.33. The van der Waals surface area contributed by atoms with Crippen LogP contribution in [-0.2, 0) is 10.0 Å². The summed E-state index contributed by atoms with van der Waals surface area (Å²) in [5.41, 5.74) is 2.01. The monoisotopic (exact) mass is 410 g/mol. The van der Waals surface area contributed by atoms with Crippen molar-refractivity contribution in [1.29, 1.82) is 0 Å². The van der Waals surface area contributed by atoms with Crippen molar-refractivity contribution >= 4 is 21.9 Å². The molecule has 0 aliphatic carbocycles. The predicted octanol–water partition coefficient (Wildman–Crippen LogP) is 2.09. The molecule has 3 heterocycles. The normalized spacial score (nSPS) is 15.8. The van der Waals surface area contributed by atoms with Gasteiger partial charge in [-0.2, -0.15) is 9.40 Å². The Morgan fingerprint density at radius 2 is 1.62 bits per heavy atom. The van der Waals surface area contributed by atoms with Gasteiger partial charge >= 0.3 is 0 Å². The van der Waals surface area contributed by atoms with Gasteiger partial charge in [-0.05, 0) is 36.8 Å². The van der Waals surface area contributed by atoms with Crippen LogP contribution in [0.1, 0.15) is 11.1 Å². The van der Waals surface area contributed by atoms with E-state index in [1.54, 1.807) is 23.2 Å². The molecule has 1 aromatic carbocycles. The molecule has 0 atom stereocenters. The second kappa shape index (κ2) is 8.14. The minimum Gasteiger partial charge on any atom is -0.352 e. The molecular weight excluding hydrogens is 388 g/mol. The molecule has 0 amide bonds. The van der Waals surface area contributed by atoms with Gasteiger partial charge in [0, 0.05) is 44.0 Å². The van der Waals surface area contributed by atoms with Crippen molar-refractivity contribution in [2.24, 2.45) is 0 Å². The molecule has 3 aromatic rings. The molecule has 8 nitrogen and oxygen atoms in total. The van der Waals surface area contributed by atoms with E-state index >= 15 is 0 Å². The molecule has 4 rings (SSSR count). The van der Waals surface area contributed by atoms with Crippen molar-refractivity contribution in [2.45, 2.75) is 6.92 Å². The number of hydrogen-bond acceptors (Lipinski definition) is 6. The van der Waals surface area contributed by atoms with Crippen LogP contribution < -0.4 is 4.90 Å². The Labute approximate surface area is 170 Å². The standard InChI is InChI=1S/C20H22N6O2S/c1-17-3-5-18(6-4-17)9-16-29(27,28)25-14-12-24(13-15-25)19-7-8-20(23-22-19)26-11-2-10-21-26/h2-11,16H,12-15H2,1H3/b16-9+. The molecule has 1 fully saturated rings. The van der Waals surface area contributed by atoms with E-state index in [-0.39, 0.29) is 0 Å². The predicted molar refractivity (Wildman–Crippen MR) is 112 cm³/mol. The number of aromatic nitrogens is 4. The third kappa shape index (κ3) is 4.52. The summed E-state index contributed by atoms with van der Waals surface area (Å²) >= 11 is 0. The Hall–Kier alpha value is -3.04. The molecule has 0 radical (unpaired) electrons. The summed E-state index contributed by atoms with van der Waals surface area (Å²) in [6, 6.07) is 13.3. The fourth-order valence-corrected chi connectivity index (χ4v) is 4.29. The van der Waals surface area contributed by atoms with Crippen LogP contribution in [0.2, 0.25) is 0 Å². The van der Waals surface area contributed by atoms with E-state index in [0.29, 0.717) is 32.0 Å².